The summed E-state index contributed by atoms with van der Waals surface area (Å²) in [5.41, 5.74) is 2.26. The molecule has 3 heterocycles. The van der Waals surface area contributed by atoms with Crippen molar-refractivity contribution in [3.8, 4) is 0 Å². The highest BCUT2D eigenvalue weighted by atomic mass is 16.5. The van der Waals surface area contributed by atoms with Gasteiger partial charge in [0, 0.05) is 51.6 Å². The maximum absolute atomic E-state index is 9.78. The van der Waals surface area contributed by atoms with Crippen LogP contribution < -0.4 is 0 Å². The van der Waals surface area contributed by atoms with Crippen molar-refractivity contribution >= 4 is 0 Å². The molecule has 0 bridgehead atoms. The zero-order valence-electron chi connectivity index (χ0n) is 14.5. The van der Waals surface area contributed by atoms with Gasteiger partial charge in [0.15, 0.2) is 0 Å². The largest absolute Gasteiger partial charge is 0.396 e. The number of H-pyrrole nitrogens is 1. The van der Waals surface area contributed by atoms with E-state index >= 15 is 0 Å². The van der Waals surface area contributed by atoms with E-state index in [2.05, 4.69) is 40.5 Å². The predicted molar refractivity (Wildman–Crippen MR) is 89.1 cm³/mol. The Morgan fingerprint density at radius 3 is 2.48 bits per heavy atom. The van der Waals surface area contributed by atoms with E-state index < -0.39 is 0 Å². The van der Waals surface area contributed by atoms with Crippen LogP contribution in [0.2, 0.25) is 0 Å². The molecule has 1 aromatic rings. The lowest BCUT2D eigenvalue weighted by atomic mass is 9.96. The van der Waals surface area contributed by atoms with E-state index in [9.17, 15) is 5.11 Å². The van der Waals surface area contributed by atoms with Crippen LogP contribution in [-0.4, -0.2) is 76.4 Å². The van der Waals surface area contributed by atoms with Gasteiger partial charge < -0.3 is 14.8 Å². The van der Waals surface area contributed by atoms with Crippen molar-refractivity contribution < 1.29 is 9.84 Å². The van der Waals surface area contributed by atoms with E-state index in [4.69, 9.17) is 4.74 Å². The average Bonchev–Trinajstić information content (AvgIpc) is 3.05. The molecule has 2 N–H and O–H groups in total. The van der Waals surface area contributed by atoms with Crippen molar-refractivity contribution in [2.24, 2.45) is 11.8 Å². The summed E-state index contributed by atoms with van der Waals surface area (Å²) in [5.74, 6) is 0.888. The third-order valence-corrected chi connectivity index (χ3v) is 5.18. The molecule has 4 atom stereocenters. The molecule has 6 heteroatoms. The molecule has 2 saturated heterocycles. The van der Waals surface area contributed by atoms with Gasteiger partial charge in [-0.1, -0.05) is 0 Å². The van der Waals surface area contributed by atoms with E-state index in [-0.39, 0.29) is 6.61 Å². The SMILES string of the molecule is Cc1[nH]cnc1CN1C[C@H](CO)[C@H](CN2C[C@@H](C)O[C@@H](C)C2)C1. The summed E-state index contributed by atoms with van der Waals surface area (Å²) in [5, 5.41) is 9.78. The molecule has 2 fully saturated rings. The minimum Gasteiger partial charge on any atom is -0.396 e. The van der Waals surface area contributed by atoms with Gasteiger partial charge in [-0.3, -0.25) is 9.80 Å². The third kappa shape index (κ3) is 4.12. The van der Waals surface area contributed by atoms with E-state index in [0.29, 0.717) is 24.0 Å². The minimum absolute atomic E-state index is 0.274. The van der Waals surface area contributed by atoms with Gasteiger partial charge in [-0.25, -0.2) is 4.98 Å². The number of aromatic nitrogens is 2. The summed E-state index contributed by atoms with van der Waals surface area (Å²) < 4.78 is 5.83. The second kappa shape index (κ2) is 7.30. The Morgan fingerprint density at radius 2 is 1.87 bits per heavy atom. The first-order valence-electron chi connectivity index (χ1n) is 8.75. The fourth-order valence-electron chi connectivity index (χ4n) is 4.10. The number of nitrogens with zero attached hydrogens (tertiary/aromatic N) is 3. The van der Waals surface area contributed by atoms with Gasteiger partial charge in [0.2, 0.25) is 0 Å². The highest BCUT2D eigenvalue weighted by molar-refractivity contribution is 5.09. The summed E-state index contributed by atoms with van der Waals surface area (Å²) in [7, 11) is 0. The molecule has 0 saturated carbocycles. The first-order valence-corrected chi connectivity index (χ1v) is 8.75. The minimum atomic E-state index is 0.274. The van der Waals surface area contributed by atoms with Crippen LogP contribution in [-0.2, 0) is 11.3 Å². The number of aliphatic hydroxyl groups is 1. The summed E-state index contributed by atoms with van der Waals surface area (Å²) in [6, 6.07) is 0. The van der Waals surface area contributed by atoms with Gasteiger partial charge in [-0.15, -0.1) is 0 Å². The molecule has 23 heavy (non-hydrogen) atoms. The zero-order valence-corrected chi connectivity index (χ0v) is 14.5. The number of nitrogens with one attached hydrogen (secondary N) is 1. The van der Waals surface area contributed by atoms with Crippen LogP contribution in [0.15, 0.2) is 6.33 Å². The van der Waals surface area contributed by atoms with Gasteiger partial charge in [0.1, 0.15) is 0 Å². The van der Waals surface area contributed by atoms with Crippen molar-refractivity contribution in [1.82, 2.24) is 19.8 Å². The highest BCUT2D eigenvalue weighted by Gasteiger charge is 2.35. The van der Waals surface area contributed by atoms with Crippen molar-refractivity contribution in [3.63, 3.8) is 0 Å². The molecule has 1 aromatic heterocycles. The van der Waals surface area contributed by atoms with Crippen LogP contribution >= 0.6 is 0 Å². The average molecular weight is 322 g/mol. The van der Waals surface area contributed by atoms with Gasteiger partial charge in [0.05, 0.1) is 24.2 Å². The van der Waals surface area contributed by atoms with E-state index in [1.165, 1.54) is 0 Å². The normalized spacial score (nSPS) is 33.4. The number of aliphatic hydroxyl groups excluding tert-OH is 1. The lowest BCUT2D eigenvalue weighted by Crippen LogP contribution is -2.48. The standard InChI is InChI=1S/C17H30N4O2/c1-12-4-20(5-13(2)23-12)6-15-7-21(8-16(15)10-22)9-17-14(3)18-11-19-17/h11-13,15-16,22H,4-10H2,1-3H3,(H,18,19)/t12-,13+,15-,16-/m1/s1. The van der Waals surface area contributed by atoms with Gasteiger partial charge >= 0.3 is 0 Å². The Labute approximate surface area is 138 Å². The summed E-state index contributed by atoms with van der Waals surface area (Å²) >= 11 is 0. The number of hydrogen-bond acceptors (Lipinski definition) is 5. The number of ether oxygens (including phenoxy) is 1. The monoisotopic (exact) mass is 322 g/mol. The van der Waals surface area contributed by atoms with Crippen LogP contribution in [0.25, 0.3) is 0 Å². The van der Waals surface area contributed by atoms with Crippen LogP contribution in [0.1, 0.15) is 25.2 Å². The molecule has 130 valence electrons. The van der Waals surface area contributed by atoms with E-state index in [1.54, 1.807) is 6.33 Å². The molecule has 0 aliphatic carbocycles. The number of likely N-dealkylation sites (tertiary alicyclic amines) is 1. The van der Waals surface area contributed by atoms with Gasteiger partial charge in [0.25, 0.3) is 0 Å². The van der Waals surface area contributed by atoms with Crippen molar-refractivity contribution in [3.05, 3.63) is 17.7 Å². The smallest absolute Gasteiger partial charge is 0.0925 e. The molecule has 2 aliphatic rings. The Balaban J connectivity index is 1.57. The molecular formula is C17H30N4O2. The molecule has 0 aromatic carbocycles. The fourth-order valence-corrected chi connectivity index (χ4v) is 4.10. The molecule has 0 amide bonds. The summed E-state index contributed by atoms with van der Waals surface area (Å²) in [6.07, 6.45) is 2.37. The molecule has 0 radical (unpaired) electrons. The number of morpholine rings is 1. The second-order valence-corrected chi connectivity index (χ2v) is 7.35. The van der Waals surface area contributed by atoms with Crippen LogP contribution in [0, 0.1) is 18.8 Å². The topological polar surface area (TPSA) is 64.6 Å². The molecule has 0 unspecified atom stereocenters. The van der Waals surface area contributed by atoms with Crippen LogP contribution in [0.5, 0.6) is 0 Å². The summed E-state index contributed by atoms with van der Waals surface area (Å²) in [6.45, 7) is 12.6. The zero-order chi connectivity index (χ0) is 16.4. The maximum atomic E-state index is 9.78. The van der Waals surface area contributed by atoms with Crippen LogP contribution in [0.4, 0.5) is 0 Å². The first kappa shape index (κ1) is 16.9. The van der Waals surface area contributed by atoms with Crippen molar-refractivity contribution in [2.75, 3.05) is 39.3 Å². The first-order chi connectivity index (χ1) is 11.0. The Hall–Kier alpha value is -0.950. The second-order valence-electron chi connectivity index (χ2n) is 7.35. The molecular weight excluding hydrogens is 292 g/mol. The van der Waals surface area contributed by atoms with Crippen LogP contribution in [0.3, 0.4) is 0 Å². The Morgan fingerprint density at radius 1 is 1.17 bits per heavy atom. The van der Waals surface area contributed by atoms with Gasteiger partial charge in [-0.2, -0.15) is 0 Å². The fraction of sp³-hybridized carbons (Fsp3) is 0.824. The lowest BCUT2D eigenvalue weighted by Gasteiger charge is -2.37. The Kier molecular flexibility index (Phi) is 5.36. The quantitative estimate of drug-likeness (QED) is 0.842. The predicted octanol–water partition coefficient (Wildman–Crippen LogP) is 0.868. The number of imidazole rings is 1. The molecule has 2 aliphatic heterocycles. The Bertz CT molecular complexity index is 497. The number of aryl methyl sites for hydroxylation is 1. The summed E-state index contributed by atoms with van der Waals surface area (Å²) in [4.78, 5) is 12.5. The van der Waals surface area contributed by atoms with E-state index in [1.807, 2.05) is 0 Å². The number of aromatic amines is 1. The van der Waals surface area contributed by atoms with E-state index in [0.717, 1.165) is 50.7 Å². The number of rotatable bonds is 5. The third-order valence-electron chi connectivity index (χ3n) is 5.18. The number of hydrogen-bond donors (Lipinski definition) is 2. The lowest BCUT2D eigenvalue weighted by molar-refractivity contribution is -0.0727. The molecule has 6 nitrogen and oxygen atoms in total. The van der Waals surface area contributed by atoms with Crippen molar-refractivity contribution in [2.45, 2.75) is 39.5 Å². The highest BCUT2D eigenvalue weighted by Crippen LogP contribution is 2.26. The van der Waals surface area contributed by atoms with Gasteiger partial charge in [-0.05, 0) is 32.6 Å². The van der Waals surface area contributed by atoms with Crippen molar-refractivity contribution in [1.29, 1.82) is 0 Å². The maximum Gasteiger partial charge on any atom is 0.0925 e. The molecule has 3 rings (SSSR count). The molecule has 0 spiro atoms.